The van der Waals surface area contributed by atoms with Crippen molar-refractivity contribution < 1.29 is 9.53 Å². The number of likely N-dealkylation sites (tertiary alicyclic amines) is 1. The Bertz CT molecular complexity index is 400. The number of benzene rings is 1. The normalized spacial score (nSPS) is 20.5. The molecule has 1 saturated heterocycles. The molecule has 0 aliphatic carbocycles. The molecule has 2 atom stereocenters. The zero-order valence-electron chi connectivity index (χ0n) is 11.1. The van der Waals surface area contributed by atoms with Crippen molar-refractivity contribution in [2.24, 2.45) is 5.73 Å². The Labute approximate surface area is 120 Å². The number of carbonyl (C=O) groups excluding carboxylic acids is 1. The molecule has 0 spiro atoms. The minimum absolute atomic E-state index is 0. The first-order valence-corrected chi connectivity index (χ1v) is 6.34. The van der Waals surface area contributed by atoms with E-state index in [1.54, 1.807) is 7.11 Å². The number of nitrogens with zero attached hydrogens (tertiary/aromatic N) is 1. The maximum Gasteiger partial charge on any atom is 0.256 e. The Morgan fingerprint density at radius 1 is 1.42 bits per heavy atom. The Kier molecular flexibility index (Phi) is 6.28. The van der Waals surface area contributed by atoms with Gasteiger partial charge in [0.25, 0.3) is 5.91 Å². The first kappa shape index (κ1) is 16.0. The van der Waals surface area contributed by atoms with Gasteiger partial charge in [0.15, 0.2) is 6.10 Å². The summed E-state index contributed by atoms with van der Waals surface area (Å²) in [6.45, 7) is 1.41. The zero-order chi connectivity index (χ0) is 13.0. The van der Waals surface area contributed by atoms with Crippen molar-refractivity contribution in [3.63, 3.8) is 0 Å². The van der Waals surface area contributed by atoms with Gasteiger partial charge in [0.2, 0.25) is 0 Å². The molecule has 1 heterocycles. The smallest absolute Gasteiger partial charge is 0.256 e. The second kappa shape index (κ2) is 7.48. The second-order valence-corrected chi connectivity index (χ2v) is 4.71. The van der Waals surface area contributed by atoms with Crippen molar-refractivity contribution in [2.75, 3.05) is 20.2 Å². The van der Waals surface area contributed by atoms with Crippen molar-refractivity contribution in [3.8, 4) is 0 Å². The maximum atomic E-state index is 12.4. The van der Waals surface area contributed by atoms with Crippen molar-refractivity contribution in [1.82, 2.24) is 4.90 Å². The Balaban J connectivity index is 0.00000180. The molecule has 19 heavy (non-hydrogen) atoms. The highest BCUT2D eigenvalue weighted by atomic mass is 35.5. The third-order valence-electron chi connectivity index (χ3n) is 3.33. The van der Waals surface area contributed by atoms with Crippen molar-refractivity contribution in [1.29, 1.82) is 0 Å². The number of ether oxygens (including phenoxy) is 1. The summed E-state index contributed by atoms with van der Waals surface area (Å²) in [5.41, 5.74) is 6.80. The van der Waals surface area contributed by atoms with Gasteiger partial charge >= 0.3 is 0 Å². The lowest BCUT2D eigenvalue weighted by Crippen LogP contribution is -2.47. The highest BCUT2D eigenvalue weighted by Crippen LogP contribution is 2.21. The quantitative estimate of drug-likeness (QED) is 0.920. The highest BCUT2D eigenvalue weighted by molar-refractivity contribution is 5.85. The molecular weight excluding hydrogens is 264 g/mol. The van der Waals surface area contributed by atoms with Crippen LogP contribution in [-0.2, 0) is 9.53 Å². The van der Waals surface area contributed by atoms with Crippen LogP contribution in [0.1, 0.15) is 24.5 Å². The fraction of sp³-hybridized carbons (Fsp3) is 0.500. The van der Waals surface area contributed by atoms with E-state index in [2.05, 4.69) is 0 Å². The number of hydrogen-bond acceptors (Lipinski definition) is 3. The van der Waals surface area contributed by atoms with Gasteiger partial charge in [-0.25, -0.2) is 0 Å². The van der Waals surface area contributed by atoms with E-state index >= 15 is 0 Å². The summed E-state index contributed by atoms with van der Waals surface area (Å²) >= 11 is 0. The minimum atomic E-state index is -0.517. The van der Waals surface area contributed by atoms with Crippen molar-refractivity contribution in [2.45, 2.75) is 25.0 Å². The van der Waals surface area contributed by atoms with Crippen LogP contribution in [0.5, 0.6) is 0 Å². The molecule has 1 fully saturated rings. The number of methoxy groups -OCH3 is 1. The van der Waals surface area contributed by atoms with Crippen LogP contribution in [0, 0.1) is 0 Å². The van der Waals surface area contributed by atoms with Crippen LogP contribution < -0.4 is 5.73 Å². The van der Waals surface area contributed by atoms with E-state index in [0.717, 1.165) is 24.9 Å². The highest BCUT2D eigenvalue weighted by Gasteiger charge is 2.28. The van der Waals surface area contributed by atoms with E-state index in [9.17, 15) is 4.79 Å². The third-order valence-corrected chi connectivity index (χ3v) is 3.33. The summed E-state index contributed by atoms with van der Waals surface area (Å²) in [6.07, 6.45) is 1.45. The summed E-state index contributed by atoms with van der Waals surface area (Å²) in [5, 5.41) is 0. The van der Waals surface area contributed by atoms with Gasteiger partial charge in [-0.1, -0.05) is 30.3 Å². The molecule has 1 aromatic carbocycles. The number of halogens is 1. The predicted octanol–water partition coefficient (Wildman–Crippen LogP) is 1.75. The van der Waals surface area contributed by atoms with Gasteiger partial charge < -0.3 is 15.4 Å². The van der Waals surface area contributed by atoms with Crippen LogP contribution in [-0.4, -0.2) is 37.0 Å². The summed E-state index contributed by atoms with van der Waals surface area (Å²) in [5.74, 6) is 0.0128. The molecule has 106 valence electrons. The van der Waals surface area contributed by atoms with Crippen LogP contribution in [0.15, 0.2) is 30.3 Å². The SMILES string of the molecule is COC(C(=O)N1CCCC(N)C1)c1ccccc1.Cl. The number of hydrogen-bond donors (Lipinski definition) is 1. The van der Waals surface area contributed by atoms with Crippen molar-refractivity contribution >= 4 is 18.3 Å². The molecule has 2 rings (SSSR count). The van der Waals surface area contributed by atoms with Gasteiger partial charge in [0.05, 0.1) is 0 Å². The van der Waals surface area contributed by atoms with E-state index in [0.29, 0.717) is 6.54 Å². The Morgan fingerprint density at radius 2 is 2.11 bits per heavy atom. The molecule has 5 heteroatoms. The van der Waals surface area contributed by atoms with Gasteiger partial charge in [-0.2, -0.15) is 0 Å². The molecule has 2 N–H and O–H groups in total. The standard InChI is InChI=1S/C14H20N2O2.ClH/c1-18-13(11-6-3-2-4-7-11)14(17)16-9-5-8-12(15)10-16;/h2-4,6-7,12-13H,5,8-10,15H2,1H3;1H. The van der Waals surface area contributed by atoms with E-state index in [-0.39, 0.29) is 24.4 Å². The Morgan fingerprint density at radius 3 is 2.68 bits per heavy atom. The number of carbonyl (C=O) groups is 1. The molecule has 4 nitrogen and oxygen atoms in total. The van der Waals surface area contributed by atoms with Gasteiger partial charge in [0.1, 0.15) is 0 Å². The minimum Gasteiger partial charge on any atom is -0.367 e. The van der Waals surface area contributed by atoms with Crippen LogP contribution in [0.3, 0.4) is 0 Å². The topological polar surface area (TPSA) is 55.6 Å². The molecule has 0 saturated carbocycles. The largest absolute Gasteiger partial charge is 0.367 e. The third kappa shape index (κ3) is 3.93. The number of piperidine rings is 1. The van der Waals surface area contributed by atoms with Crippen LogP contribution in [0.4, 0.5) is 0 Å². The molecule has 0 aromatic heterocycles. The average Bonchev–Trinajstić information content (AvgIpc) is 2.41. The van der Waals surface area contributed by atoms with Crippen LogP contribution in [0.2, 0.25) is 0 Å². The van der Waals surface area contributed by atoms with E-state index in [1.165, 1.54) is 0 Å². The van der Waals surface area contributed by atoms with E-state index < -0.39 is 6.10 Å². The number of amides is 1. The summed E-state index contributed by atoms with van der Waals surface area (Å²) in [6, 6.07) is 9.67. The first-order chi connectivity index (χ1) is 8.72. The summed E-state index contributed by atoms with van der Waals surface area (Å²) in [7, 11) is 1.57. The zero-order valence-corrected chi connectivity index (χ0v) is 11.9. The molecule has 0 bridgehead atoms. The molecule has 2 unspecified atom stereocenters. The van der Waals surface area contributed by atoms with Gasteiger partial charge in [-0.15, -0.1) is 12.4 Å². The van der Waals surface area contributed by atoms with E-state index in [4.69, 9.17) is 10.5 Å². The lowest BCUT2D eigenvalue weighted by Gasteiger charge is -2.33. The van der Waals surface area contributed by atoms with Gasteiger partial charge in [0, 0.05) is 26.2 Å². The first-order valence-electron chi connectivity index (χ1n) is 6.34. The van der Waals surface area contributed by atoms with Crippen LogP contribution >= 0.6 is 12.4 Å². The molecule has 1 aliphatic rings. The number of rotatable bonds is 3. The maximum absolute atomic E-state index is 12.4. The molecular formula is C14H21ClN2O2. The second-order valence-electron chi connectivity index (χ2n) is 4.71. The number of nitrogens with two attached hydrogens (primary N) is 1. The average molecular weight is 285 g/mol. The Hall–Kier alpha value is -1.10. The van der Waals surface area contributed by atoms with Crippen LogP contribution in [0.25, 0.3) is 0 Å². The van der Waals surface area contributed by atoms with Gasteiger partial charge in [-0.3, -0.25) is 4.79 Å². The lowest BCUT2D eigenvalue weighted by molar-refractivity contribution is -0.143. The fourth-order valence-corrected chi connectivity index (χ4v) is 2.38. The lowest BCUT2D eigenvalue weighted by atomic mass is 10.0. The summed E-state index contributed by atoms with van der Waals surface area (Å²) in [4.78, 5) is 14.2. The summed E-state index contributed by atoms with van der Waals surface area (Å²) < 4.78 is 5.35. The molecule has 1 aliphatic heterocycles. The van der Waals surface area contributed by atoms with Crippen molar-refractivity contribution in [3.05, 3.63) is 35.9 Å². The molecule has 1 aromatic rings. The predicted molar refractivity (Wildman–Crippen MR) is 77.2 cm³/mol. The fourth-order valence-electron chi connectivity index (χ4n) is 2.38. The molecule has 1 amide bonds. The van der Waals surface area contributed by atoms with E-state index in [1.807, 2.05) is 35.2 Å². The van der Waals surface area contributed by atoms with Gasteiger partial charge in [-0.05, 0) is 18.4 Å². The molecule has 0 radical (unpaired) electrons. The monoisotopic (exact) mass is 284 g/mol.